The second kappa shape index (κ2) is 5.65. The zero-order chi connectivity index (χ0) is 14.0. The SMILES string of the molecule is CCCn1cc(Cl)cc1C(=O)NC(C(=O)O)C1CC1. The first-order chi connectivity index (χ1) is 9.02. The number of hydrogen-bond donors (Lipinski definition) is 2. The molecular formula is C13H17ClN2O3. The number of aliphatic carboxylic acids is 1. The van der Waals surface area contributed by atoms with Crippen molar-refractivity contribution in [2.45, 2.75) is 38.8 Å². The summed E-state index contributed by atoms with van der Waals surface area (Å²) in [7, 11) is 0. The van der Waals surface area contributed by atoms with Gasteiger partial charge in [-0.1, -0.05) is 18.5 Å². The lowest BCUT2D eigenvalue weighted by Crippen LogP contribution is -2.43. The number of aromatic nitrogens is 1. The van der Waals surface area contributed by atoms with Gasteiger partial charge in [-0.3, -0.25) is 4.79 Å². The van der Waals surface area contributed by atoms with E-state index in [1.165, 1.54) is 0 Å². The molecule has 1 fully saturated rings. The van der Waals surface area contributed by atoms with Crippen molar-refractivity contribution in [3.63, 3.8) is 0 Å². The fraction of sp³-hybridized carbons (Fsp3) is 0.538. The molecule has 1 aromatic rings. The first kappa shape index (κ1) is 13.9. The Kier molecular flexibility index (Phi) is 4.14. The number of carbonyl (C=O) groups is 2. The van der Waals surface area contributed by atoms with Crippen molar-refractivity contribution in [3.05, 3.63) is 23.0 Å². The molecule has 104 valence electrons. The molecule has 1 aromatic heterocycles. The molecule has 0 aromatic carbocycles. The Labute approximate surface area is 116 Å². The van der Waals surface area contributed by atoms with E-state index in [2.05, 4.69) is 5.32 Å². The second-order valence-electron chi connectivity index (χ2n) is 4.86. The molecule has 0 aliphatic heterocycles. The van der Waals surface area contributed by atoms with Crippen LogP contribution in [0.2, 0.25) is 5.02 Å². The lowest BCUT2D eigenvalue weighted by molar-refractivity contribution is -0.139. The van der Waals surface area contributed by atoms with E-state index in [0.29, 0.717) is 17.3 Å². The Hall–Kier alpha value is -1.49. The molecule has 1 heterocycles. The molecule has 1 atom stereocenters. The van der Waals surface area contributed by atoms with Crippen LogP contribution in [0.15, 0.2) is 12.3 Å². The van der Waals surface area contributed by atoms with Gasteiger partial charge in [0.25, 0.3) is 5.91 Å². The van der Waals surface area contributed by atoms with Crippen molar-refractivity contribution < 1.29 is 14.7 Å². The predicted molar refractivity (Wildman–Crippen MR) is 71.3 cm³/mol. The van der Waals surface area contributed by atoms with Crippen molar-refractivity contribution in [2.24, 2.45) is 5.92 Å². The van der Waals surface area contributed by atoms with Crippen molar-refractivity contribution in [1.82, 2.24) is 9.88 Å². The van der Waals surface area contributed by atoms with E-state index in [1.807, 2.05) is 6.92 Å². The van der Waals surface area contributed by atoms with Crippen molar-refractivity contribution in [2.75, 3.05) is 0 Å². The van der Waals surface area contributed by atoms with Gasteiger partial charge in [0.1, 0.15) is 11.7 Å². The Morgan fingerprint density at radius 3 is 2.79 bits per heavy atom. The van der Waals surface area contributed by atoms with Crippen LogP contribution in [0.4, 0.5) is 0 Å². The third kappa shape index (κ3) is 3.29. The van der Waals surface area contributed by atoms with E-state index in [4.69, 9.17) is 16.7 Å². The largest absolute Gasteiger partial charge is 0.480 e. The highest BCUT2D eigenvalue weighted by Crippen LogP contribution is 2.33. The van der Waals surface area contributed by atoms with Crippen molar-refractivity contribution >= 4 is 23.5 Å². The molecule has 0 bridgehead atoms. The van der Waals surface area contributed by atoms with Gasteiger partial charge in [-0.25, -0.2) is 4.79 Å². The number of carbonyl (C=O) groups excluding carboxylic acids is 1. The van der Waals surface area contributed by atoms with E-state index in [9.17, 15) is 9.59 Å². The fourth-order valence-corrected chi connectivity index (χ4v) is 2.34. The predicted octanol–water partition coefficient (Wildman–Crippen LogP) is 2.14. The number of hydrogen-bond acceptors (Lipinski definition) is 2. The van der Waals surface area contributed by atoms with Gasteiger partial charge in [-0.05, 0) is 31.2 Å². The van der Waals surface area contributed by atoms with Gasteiger partial charge in [-0.2, -0.15) is 0 Å². The van der Waals surface area contributed by atoms with Gasteiger partial charge in [0.05, 0.1) is 5.02 Å². The van der Waals surface area contributed by atoms with E-state index < -0.39 is 12.0 Å². The summed E-state index contributed by atoms with van der Waals surface area (Å²) in [6, 6.07) is 0.773. The molecule has 1 saturated carbocycles. The molecular weight excluding hydrogens is 268 g/mol. The van der Waals surface area contributed by atoms with Crippen LogP contribution in [-0.2, 0) is 11.3 Å². The number of nitrogens with zero attached hydrogens (tertiary/aromatic N) is 1. The summed E-state index contributed by atoms with van der Waals surface area (Å²) in [6.07, 6.45) is 4.27. The standard InChI is InChI=1S/C13H17ClN2O3/c1-2-5-16-7-9(14)6-10(16)12(17)15-11(13(18)19)8-3-4-8/h6-8,11H,2-5H2,1H3,(H,15,17)(H,18,19). The minimum atomic E-state index is -0.976. The fourth-order valence-electron chi connectivity index (χ4n) is 2.12. The van der Waals surface area contributed by atoms with Gasteiger partial charge < -0.3 is 15.0 Å². The summed E-state index contributed by atoms with van der Waals surface area (Å²) < 4.78 is 1.75. The minimum absolute atomic E-state index is 0.0616. The zero-order valence-corrected chi connectivity index (χ0v) is 11.5. The summed E-state index contributed by atoms with van der Waals surface area (Å²) >= 11 is 5.90. The highest BCUT2D eigenvalue weighted by atomic mass is 35.5. The van der Waals surface area contributed by atoms with Crippen LogP contribution in [0.1, 0.15) is 36.7 Å². The molecule has 0 radical (unpaired) electrons. The number of nitrogens with one attached hydrogen (secondary N) is 1. The van der Waals surface area contributed by atoms with E-state index >= 15 is 0 Å². The van der Waals surface area contributed by atoms with Crippen LogP contribution in [0, 0.1) is 5.92 Å². The Bertz CT molecular complexity index is 494. The summed E-state index contributed by atoms with van der Waals surface area (Å²) in [5.41, 5.74) is 0.416. The van der Waals surface area contributed by atoms with Crippen LogP contribution < -0.4 is 5.32 Å². The Balaban J connectivity index is 2.12. The quantitative estimate of drug-likeness (QED) is 0.841. The lowest BCUT2D eigenvalue weighted by Gasteiger charge is -2.14. The maximum absolute atomic E-state index is 12.1. The number of carboxylic acids is 1. The van der Waals surface area contributed by atoms with Crippen LogP contribution in [0.5, 0.6) is 0 Å². The molecule has 5 nitrogen and oxygen atoms in total. The summed E-state index contributed by atoms with van der Waals surface area (Å²) in [5.74, 6) is -1.29. The third-order valence-electron chi connectivity index (χ3n) is 3.21. The van der Waals surface area contributed by atoms with Crippen LogP contribution in [0.25, 0.3) is 0 Å². The molecule has 6 heteroatoms. The van der Waals surface area contributed by atoms with Crippen molar-refractivity contribution in [1.29, 1.82) is 0 Å². The summed E-state index contributed by atoms with van der Waals surface area (Å²) in [5, 5.41) is 12.2. The molecule has 1 aliphatic carbocycles. The second-order valence-corrected chi connectivity index (χ2v) is 5.30. The van der Waals surface area contributed by atoms with Crippen LogP contribution in [0.3, 0.4) is 0 Å². The molecule has 2 N–H and O–H groups in total. The molecule has 19 heavy (non-hydrogen) atoms. The maximum Gasteiger partial charge on any atom is 0.326 e. The van der Waals surface area contributed by atoms with Gasteiger partial charge in [0.2, 0.25) is 0 Å². The van der Waals surface area contributed by atoms with Gasteiger partial charge in [0, 0.05) is 12.7 Å². The summed E-state index contributed by atoms with van der Waals surface area (Å²) in [4.78, 5) is 23.3. The van der Waals surface area contributed by atoms with Crippen molar-refractivity contribution in [3.8, 4) is 0 Å². The lowest BCUT2D eigenvalue weighted by atomic mass is 10.2. The molecule has 0 saturated heterocycles. The number of carboxylic acid groups (broad SMARTS) is 1. The molecule has 1 aliphatic rings. The Morgan fingerprint density at radius 1 is 1.58 bits per heavy atom. The van der Waals surface area contributed by atoms with Crippen LogP contribution >= 0.6 is 11.6 Å². The smallest absolute Gasteiger partial charge is 0.326 e. The normalized spacial score (nSPS) is 16.1. The van der Waals surface area contributed by atoms with Crippen LogP contribution in [-0.4, -0.2) is 27.6 Å². The first-order valence-electron chi connectivity index (χ1n) is 6.42. The first-order valence-corrected chi connectivity index (χ1v) is 6.80. The van der Waals surface area contributed by atoms with E-state index in [-0.39, 0.29) is 11.8 Å². The molecule has 1 unspecified atom stereocenters. The number of aryl methyl sites for hydroxylation is 1. The molecule has 2 rings (SSSR count). The van der Waals surface area contributed by atoms with Gasteiger partial charge in [0.15, 0.2) is 0 Å². The highest BCUT2D eigenvalue weighted by molar-refractivity contribution is 6.31. The van der Waals surface area contributed by atoms with Gasteiger partial charge in [-0.15, -0.1) is 0 Å². The number of halogens is 1. The Morgan fingerprint density at radius 2 is 2.26 bits per heavy atom. The zero-order valence-electron chi connectivity index (χ0n) is 10.7. The molecule has 0 spiro atoms. The monoisotopic (exact) mass is 284 g/mol. The molecule has 1 amide bonds. The highest BCUT2D eigenvalue weighted by Gasteiger charge is 2.37. The third-order valence-corrected chi connectivity index (χ3v) is 3.41. The maximum atomic E-state index is 12.1. The van der Waals surface area contributed by atoms with E-state index in [1.54, 1.807) is 16.8 Å². The minimum Gasteiger partial charge on any atom is -0.480 e. The average molecular weight is 285 g/mol. The number of amides is 1. The average Bonchev–Trinajstić information content (AvgIpc) is 3.10. The van der Waals surface area contributed by atoms with Gasteiger partial charge >= 0.3 is 5.97 Å². The summed E-state index contributed by atoms with van der Waals surface area (Å²) in [6.45, 7) is 2.68. The van der Waals surface area contributed by atoms with E-state index in [0.717, 1.165) is 19.3 Å². The number of rotatable bonds is 6. The topological polar surface area (TPSA) is 71.3 Å².